The van der Waals surface area contributed by atoms with E-state index in [0.717, 1.165) is 22.4 Å². The number of amides is 2. The molecule has 0 atom stereocenters. The Morgan fingerprint density at radius 1 is 0.968 bits per heavy atom. The van der Waals surface area contributed by atoms with Crippen LogP contribution < -0.4 is 25.7 Å². The van der Waals surface area contributed by atoms with Crippen molar-refractivity contribution in [2.24, 2.45) is 0 Å². The summed E-state index contributed by atoms with van der Waals surface area (Å²) in [5.41, 5.74) is 4.00. The third kappa shape index (κ3) is 5.63. The van der Waals surface area contributed by atoms with Crippen molar-refractivity contribution in [3.8, 4) is 22.8 Å². The lowest BCUT2D eigenvalue weighted by molar-refractivity contribution is 0.251. The minimum absolute atomic E-state index is 0.236. The van der Waals surface area contributed by atoms with Gasteiger partial charge in [-0.05, 0) is 61.4 Å². The Balaban J connectivity index is 1.66. The van der Waals surface area contributed by atoms with E-state index in [1.807, 2.05) is 38.1 Å². The Morgan fingerprint density at radius 3 is 2.35 bits per heavy atom. The lowest BCUT2D eigenvalue weighted by atomic mass is 10.1. The van der Waals surface area contributed by atoms with E-state index in [0.29, 0.717) is 17.2 Å². The summed E-state index contributed by atoms with van der Waals surface area (Å²) in [6.07, 6.45) is 0. The molecule has 0 aliphatic carbocycles. The number of anilines is 1. The Kier molecular flexibility index (Phi) is 6.92. The molecule has 0 saturated carbocycles. The quantitative estimate of drug-likeness (QED) is 0.609. The van der Waals surface area contributed by atoms with Gasteiger partial charge in [0.2, 0.25) is 0 Å². The van der Waals surface area contributed by atoms with E-state index in [1.165, 1.54) is 10.7 Å². The molecule has 0 aliphatic rings. The number of aryl methyl sites for hydroxylation is 2. The third-order valence-electron chi connectivity index (χ3n) is 4.63. The molecule has 8 heteroatoms. The molecule has 3 aromatic rings. The zero-order valence-electron chi connectivity index (χ0n) is 18.1. The highest BCUT2D eigenvalue weighted by molar-refractivity contribution is 5.89. The summed E-state index contributed by atoms with van der Waals surface area (Å²) in [5.74, 6) is 1.18. The Morgan fingerprint density at radius 2 is 1.68 bits per heavy atom. The fourth-order valence-corrected chi connectivity index (χ4v) is 3.26. The molecular weight excluding hydrogens is 396 g/mol. The molecule has 0 unspecified atom stereocenters. The molecule has 0 aliphatic heterocycles. The maximum Gasteiger partial charge on any atom is 0.319 e. The summed E-state index contributed by atoms with van der Waals surface area (Å²) in [7, 11) is 3.13. The predicted molar refractivity (Wildman–Crippen MR) is 120 cm³/mol. The van der Waals surface area contributed by atoms with Crippen molar-refractivity contribution in [1.29, 1.82) is 0 Å². The lowest BCUT2D eigenvalue weighted by Crippen LogP contribution is -2.34. The average molecular weight is 422 g/mol. The van der Waals surface area contributed by atoms with Gasteiger partial charge in [-0.25, -0.2) is 9.48 Å². The fourth-order valence-electron chi connectivity index (χ4n) is 3.26. The molecule has 0 radical (unpaired) electrons. The van der Waals surface area contributed by atoms with E-state index >= 15 is 0 Å². The van der Waals surface area contributed by atoms with Crippen LogP contribution in [0, 0.1) is 13.8 Å². The van der Waals surface area contributed by atoms with Crippen LogP contribution in [0.1, 0.15) is 11.1 Å². The van der Waals surface area contributed by atoms with Crippen molar-refractivity contribution in [2.75, 3.05) is 26.1 Å². The highest BCUT2D eigenvalue weighted by Gasteiger charge is 2.09. The minimum Gasteiger partial charge on any atom is -0.493 e. The number of carbonyl (C=O) groups excluding carboxylic acids is 1. The first-order chi connectivity index (χ1) is 14.9. The molecule has 162 valence electrons. The maximum atomic E-state index is 12.2. The Labute approximate surface area is 180 Å². The maximum absolute atomic E-state index is 12.2. The monoisotopic (exact) mass is 422 g/mol. The second-order valence-corrected chi connectivity index (χ2v) is 7.11. The van der Waals surface area contributed by atoms with E-state index in [2.05, 4.69) is 15.7 Å². The van der Waals surface area contributed by atoms with E-state index in [9.17, 15) is 9.59 Å². The number of rotatable bonds is 7. The molecule has 2 aromatic carbocycles. The number of carbonyl (C=O) groups is 1. The van der Waals surface area contributed by atoms with Crippen molar-refractivity contribution < 1.29 is 14.3 Å². The lowest BCUT2D eigenvalue weighted by Gasteiger charge is -2.12. The number of ether oxygens (including phenoxy) is 2. The van der Waals surface area contributed by atoms with Crippen LogP contribution in [-0.2, 0) is 6.54 Å². The normalized spacial score (nSPS) is 10.5. The van der Waals surface area contributed by atoms with Crippen LogP contribution in [0.15, 0.2) is 53.3 Å². The highest BCUT2D eigenvalue weighted by Crippen LogP contribution is 2.31. The average Bonchev–Trinajstić information content (AvgIpc) is 2.73. The van der Waals surface area contributed by atoms with Crippen LogP contribution in [0.5, 0.6) is 11.5 Å². The van der Waals surface area contributed by atoms with Crippen LogP contribution in [0.2, 0.25) is 0 Å². The van der Waals surface area contributed by atoms with Gasteiger partial charge < -0.3 is 20.1 Å². The molecule has 0 spiro atoms. The van der Waals surface area contributed by atoms with E-state index < -0.39 is 0 Å². The molecule has 0 saturated heterocycles. The van der Waals surface area contributed by atoms with Gasteiger partial charge in [-0.2, -0.15) is 5.10 Å². The van der Waals surface area contributed by atoms with Crippen molar-refractivity contribution in [3.05, 3.63) is 70.0 Å². The van der Waals surface area contributed by atoms with Gasteiger partial charge in [0, 0.05) is 23.9 Å². The molecule has 2 N–H and O–H groups in total. The van der Waals surface area contributed by atoms with Gasteiger partial charge in [0.1, 0.15) is 0 Å². The fraction of sp³-hybridized carbons (Fsp3) is 0.261. The van der Waals surface area contributed by atoms with Gasteiger partial charge in [0.15, 0.2) is 11.5 Å². The van der Waals surface area contributed by atoms with E-state index in [1.54, 1.807) is 32.4 Å². The van der Waals surface area contributed by atoms with Crippen LogP contribution in [0.3, 0.4) is 0 Å². The number of aromatic nitrogens is 2. The number of methoxy groups -OCH3 is 2. The molecule has 0 fully saturated rings. The second kappa shape index (κ2) is 9.80. The first-order valence-electron chi connectivity index (χ1n) is 9.83. The molecule has 0 bridgehead atoms. The largest absolute Gasteiger partial charge is 0.493 e. The number of nitrogens with zero attached hydrogens (tertiary/aromatic N) is 2. The third-order valence-corrected chi connectivity index (χ3v) is 4.63. The Bertz CT molecular complexity index is 1120. The van der Waals surface area contributed by atoms with Gasteiger partial charge in [-0.15, -0.1) is 0 Å². The molecule has 31 heavy (non-hydrogen) atoms. The highest BCUT2D eigenvalue weighted by atomic mass is 16.5. The van der Waals surface area contributed by atoms with Gasteiger partial charge in [-0.1, -0.05) is 6.07 Å². The molecule has 1 heterocycles. The molecule has 1 aromatic heterocycles. The van der Waals surface area contributed by atoms with Crippen molar-refractivity contribution in [1.82, 2.24) is 15.1 Å². The minimum atomic E-state index is -0.339. The summed E-state index contributed by atoms with van der Waals surface area (Å²) < 4.78 is 11.9. The number of nitrogens with one attached hydrogen (secondary N) is 2. The number of hydrogen-bond donors (Lipinski definition) is 2. The zero-order chi connectivity index (χ0) is 22.4. The zero-order valence-corrected chi connectivity index (χ0v) is 18.1. The number of benzene rings is 2. The van der Waals surface area contributed by atoms with E-state index in [-0.39, 0.29) is 24.7 Å². The SMILES string of the molecule is COc1ccc(-c2ccc(=O)n(CCNC(=O)Nc3cc(C)cc(C)c3)n2)cc1OC. The molecular formula is C23H26N4O4. The molecule has 2 amide bonds. The second-order valence-electron chi connectivity index (χ2n) is 7.11. The standard InChI is InChI=1S/C23H26N4O4/c1-15-11-16(2)13-18(12-15)25-23(29)24-9-10-27-22(28)8-6-19(26-27)17-5-7-20(30-3)21(14-17)31-4/h5-8,11-14H,9-10H2,1-4H3,(H2,24,25,29). The van der Waals surface area contributed by atoms with Crippen LogP contribution in [0.4, 0.5) is 10.5 Å². The van der Waals surface area contributed by atoms with Gasteiger partial charge >= 0.3 is 6.03 Å². The van der Waals surface area contributed by atoms with Gasteiger partial charge in [0.25, 0.3) is 5.56 Å². The summed E-state index contributed by atoms with van der Waals surface area (Å²) in [6.45, 7) is 4.43. The van der Waals surface area contributed by atoms with Crippen molar-refractivity contribution in [2.45, 2.75) is 20.4 Å². The van der Waals surface area contributed by atoms with Gasteiger partial charge in [-0.3, -0.25) is 4.79 Å². The van der Waals surface area contributed by atoms with Gasteiger partial charge in [0.05, 0.1) is 26.5 Å². The van der Waals surface area contributed by atoms with Crippen molar-refractivity contribution in [3.63, 3.8) is 0 Å². The predicted octanol–water partition coefficient (Wildman–Crippen LogP) is 3.37. The first kappa shape index (κ1) is 21.9. The van der Waals surface area contributed by atoms with E-state index in [4.69, 9.17) is 9.47 Å². The smallest absolute Gasteiger partial charge is 0.319 e. The summed E-state index contributed by atoms with van der Waals surface area (Å²) in [5, 5.41) is 9.97. The Hall–Kier alpha value is -3.81. The molecule has 3 rings (SSSR count). The topological polar surface area (TPSA) is 94.5 Å². The van der Waals surface area contributed by atoms with Crippen LogP contribution >= 0.6 is 0 Å². The number of hydrogen-bond acceptors (Lipinski definition) is 5. The molecule has 8 nitrogen and oxygen atoms in total. The van der Waals surface area contributed by atoms with Crippen LogP contribution in [-0.4, -0.2) is 36.6 Å². The first-order valence-corrected chi connectivity index (χ1v) is 9.83. The number of urea groups is 1. The summed E-state index contributed by atoms with van der Waals surface area (Å²) in [4.78, 5) is 24.4. The van der Waals surface area contributed by atoms with Crippen molar-refractivity contribution >= 4 is 11.7 Å². The summed E-state index contributed by atoms with van der Waals surface area (Å²) in [6, 6.07) is 14.0. The summed E-state index contributed by atoms with van der Waals surface area (Å²) >= 11 is 0. The van der Waals surface area contributed by atoms with Crippen LogP contribution in [0.25, 0.3) is 11.3 Å².